The minimum atomic E-state index is -3.32. The number of sulfone groups is 1. The topological polar surface area (TPSA) is 207 Å². The summed E-state index contributed by atoms with van der Waals surface area (Å²) in [6.07, 6.45) is 2.21. The smallest absolute Gasteiger partial charge is 0.407 e. The van der Waals surface area contributed by atoms with Gasteiger partial charge < -0.3 is 39.4 Å². The number of nitrogens with one attached hydrogen (secondary N) is 2. The summed E-state index contributed by atoms with van der Waals surface area (Å²) in [6, 6.07) is 0. The highest BCUT2D eigenvalue weighted by molar-refractivity contribution is 7.90. The zero-order chi connectivity index (χ0) is 28.3. The molecule has 0 spiro atoms. The Bertz CT molecular complexity index is 766. The Kier molecular flexibility index (Phi) is 23.6. The van der Waals surface area contributed by atoms with Crippen LogP contribution in [0.2, 0.25) is 0 Å². The summed E-state index contributed by atoms with van der Waals surface area (Å²) >= 11 is 0. The zero-order valence-corrected chi connectivity index (χ0v) is 23.0. The number of amides is 2. The van der Waals surface area contributed by atoms with E-state index in [1.165, 1.54) is 0 Å². The first-order valence-electron chi connectivity index (χ1n) is 12.6. The van der Waals surface area contributed by atoms with Gasteiger partial charge in [0.1, 0.15) is 6.10 Å². The van der Waals surface area contributed by atoms with Crippen molar-refractivity contribution in [3.05, 3.63) is 10.4 Å². The predicted molar refractivity (Wildman–Crippen MR) is 138 cm³/mol. The lowest BCUT2D eigenvalue weighted by Gasteiger charge is -2.17. The highest BCUT2D eigenvalue weighted by Crippen LogP contribution is 2.09. The van der Waals surface area contributed by atoms with Gasteiger partial charge >= 0.3 is 6.09 Å². The van der Waals surface area contributed by atoms with Gasteiger partial charge in [-0.05, 0) is 24.8 Å². The molecule has 0 rings (SSSR count). The molecule has 0 aliphatic carbocycles. The lowest BCUT2D eigenvalue weighted by atomic mass is 10.1. The number of aliphatic hydroxyl groups is 1. The van der Waals surface area contributed by atoms with Gasteiger partial charge in [-0.1, -0.05) is 11.5 Å². The maximum Gasteiger partial charge on any atom is 0.407 e. The van der Waals surface area contributed by atoms with Gasteiger partial charge in [0, 0.05) is 37.2 Å². The van der Waals surface area contributed by atoms with E-state index in [0.717, 1.165) is 12.7 Å². The van der Waals surface area contributed by atoms with Crippen LogP contribution in [0, 0.1) is 0 Å². The predicted octanol–water partition coefficient (Wildman–Crippen LogP) is 0.562. The number of carbonyl (C=O) groups excluding carboxylic acids is 2. The Morgan fingerprint density at radius 3 is 2.08 bits per heavy atom. The second-order valence-corrected chi connectivity index (χ2v) is 10.3. The quantitative estimate of drug-likeness (QED) is 0.0570. The largest absolute Gasteiger partial charge is 0.445 e. The summed E-state index contributed by atoms with van der Waals surface area (Å²) in [5.41, 5.74) is 8.11. The zero-order valence-electron chi connectivity index (χ0n) is 22.2. The van der Waals surface area contributed by atoms with Crippen LogP contribution >= 0.6 is 0 Å². The van der Waals surface area contributed by atoms with Crippen LogP contribution < -0.4 is 10.6 Å². The Labute approximate surface area is 224 Å². The molecule has 0 aromatic heterocycles. The van der Waals surface area contributed by atoms with Crippen LogP contribution in [0.5, 0.6) is 0 Å². The van der Waals surface area contributed by atoms with Gasteiger partial charge in [-0.3, -0.25) is 4.79 Å². The highest BCUT2D eigenvalue weighted by atomic mass is 32.2. The summed E-state index contributed by atoms with van der Waals surface area (Å²) in [5, 5.41) is 17.2. The van der Waals surface area contributed by atoms with E-state index in [-0.39, 0.29) is 37.8 Å². The van der Waals surface area contributed by atoms with E-state index in [0.29, 0.717) is 78.6 Å². The first-order valence-corrected chi connectivity index (χ1v) is 14.7. The van der Waals surface area contributed by atoms with Crippen molar-refractivity contribution in [3.63, 3.8) is 0 Å². The van der Waals surface area contributed by atoms with Crippen LogP contribution in [0.3, 0.4) is 0 Å². The van der Waals surface area contributed by atoms with Gasteiger partial charge in [0.2, 0.25) is 5.91 Å². The van der Waals surface area contributed by atoms with E-state index < -0.39 is 22.0 Å². The van der Waals surface area contributed by atoms with Crippen molar-refractivity contribution in [2.45, 2.75) is 38.2 Å². The highest BCUT2D eigenvalue weighted by Gasteiger charge is 2.19. The third kappa shape index (κ3) is 26.9. The number of ether oxygens (including phenoxy) is 5. The Morgan fingerprint density at radius 1 is 0.895 bits per heavy atom. The molecule has 0 saturated carbocycles. The molecule has 0 radical (unpaired) electrons. The molecule has 3 N–H and O–H groups in total. The van der Waals surface area contributed by atoms with Gasteiger partial charge in [0.05, 0.1) is 65.2 Å². The molecule has 15 nitrogen and oxygen atoms in total. The molecule has 0 bridgehead atoms. The summed E-state index contributed by atoms with van der Waals surface area (Å²) < 4.78 is 49.5. The lowest BCUT2D eigenvalue weighted by Crippen LogP contribution is -2.34. The molecular formula is C22H43N5O10S. The second-order valence-electron chi connectivity index (χ2n) is 8.12. The van der Waals surface area contributed by atoms with E-state index in [2.05, 4.69) is 20.7 Å². The minimum absolute atomic E-state index is 0.0273. The molecule has 1 unspecified atom stereocenters. The fourth-order valence-corrected chi connectivity index (χ4v) is 3.84. The van der Waals surface area contributed by atoms with E-state index in [1.54, 1.807) is 0 Å². The first kappa shape index (κ1) is 35.8. The molecule has 1 atom stereocenters. The number of carbonyl (C=O) groups is 2. The van der Waals surface area contributed by atoms with Gasteiger partial charge in [0.25, 0.3) is 0 Å². The van der Waals surface area contributed by atoms with Crippen molar-refractivity contribution in [2.75, 3.05) is 91.1 Å². The van der Waals surface area contributed by atoms with Crippen LogP contribution in [0.25, 0.3) is 10.4 Å². The van der Waals surface area contributed by atoms with Crippen LogP contribution in [0.4, 0.5) is 4.79 Å². The lowest BCUT2D eigenvalue weighted by molar-refractivity contribution is -0.122. The van der Waals surface area contributed by atoms with Crippen molar-refractivity contribution in [2.24, 2.45) is 5.11 Å². The number of aliphatic hydroxyl groups excluding tert-OH is 1. The van der Waals surface area contributed by atoms with E-state index in [9.17, 15) is 18.0 Å². The third-order valence-electron chi connectivity index (χ3n) is 4.66. The first-order chi connectivity index (χ1) is 18.3. The molecule has 0 aromatic rings. The molecule has 38 heavy (non-hydrogen) atoms. The number of hydrogen-bond acceptors (Lipinski definition) is 11. The van der Waals surface area contributed by atoms with Crippen molar-refractivity contribution < 1.29 is 46.8 Å². The number of alkyl carbamates (subject to hydrolysis) is 1. The number of azide groups is 1. The van der Waals surface area contributed by atoms with Gasteiger partial charge in [0.15, 0.2) is 9.84 Å². The van der Waals surface area contributed by atoms with Crippen LogP contribution in [-0.2, 0) is 38.3 Å². The summed E-state index contributed by atoms with van der Waals surface area (Å²) in [4.78, 5) is 26.1. The molecule has 2 amide bonds. The Morgan fingerprint density at radius 2 is 1.50 bits per heavy atom. The van der Waals surface area contributed by atoms with Crippen molar-refractivity contribution in [3.8, 4) is 0 Å². The van der Waals surface area contributed by atoms with Crippen molar-refractivity contribution in [1.82, 2.24) is 10.6 Å². The summed E-state index contributed by atoms with van der Waals surface area (Å²) in [7, 11) is -3.32. The SMILES string of the molecule is CS(=O)(=O)CC(CCCCCNC(=O)CCOCCOCCOCCOCCN=[N+]=[N-])OC(=O)NCCO. The number of rotatable bonds is 26. The molecule has 0 saturated heterocycles. The van der Waals surface area contributed by atoms with Gasteiger partial charge in [-0.2, -0.15) is 0 Å². The average molecular weight is 570 g/mol. The fourth-order valence-electron chi connectivity index (χ4n) is 2.93. The van der Waals surface area contributed by atoms with Crippen molar-refractivity contribution in [1.29, 1.82) is 0 Å². The average Bonchev–Trinajstić information content (AvgIpc) is 2.86. The number of nitrogens with zero attached hydrogens (tertiary/aromatic N) is 3. The van der Waals surface area contributed by atoms with Gasteiger partial charge in [-0.25, -0.2) is 13.2 Å². The molecule has 222 valence electrons. The molecular weight excluding hydrogens is 526 g/mol. The maximum atomic E-state index is 11.9. The summed E-state index contributed by atoms with van der Waals surface area (Å²) in [6.45, 7) is 3.65. The van der Waals surface area contributed by atoms with E-state index >= 15 is 0 Å². The molecule has 0 aromatic carbocycles. The summed E-state index contributed by atoms with van der Waals surface area (Å²) in [5.74, 6) is -0.396. The third-order valence-corrected chi connectivity index (χ3v) is 5.63. The minimum Gasteiger partial charge on any atom is -0.445 e. The van der Waals surface area contributed by atoms with Crippen LogP contribution in [0.1, 0.15) is 32.1 Å². The van der Waals surface area contributed by atoms with E-state index in [4.69, 9.17) is 34.3 Å². The Balaban J connectivity index is 3.63. The second kappa shape index (κ2) is 25.1. The molecule has 0 heterocycles. The Hall–Kier alpha value is -2.20. The van der Waals surface area contributed by atoms with E-state index in [1.807, 2.05) is 0 Å². The van der Waals surface area contributed by atoms with Crippen LogP contribution in [-0.4, -0.2) is 123 Å². The van der Waals surface area contributed by atoms with Gasteiger partial charge in [-0.15, -0.1) is 0 Å². The standard InChI is InChI=1S/C22H43N5O10S/c1-38(31,32)19-20(37-22(30)25-8-10-28)5-3-2-4-7-24-21(29)6-11-33-13-15-35-17-18-36-16-14-34-12-9-26-27-23/h20,28H,2-19H2,1H3,(H,24,29)(H,25,30). The number of hydrogen-bond donors (Lipinski definition) is 3. The normalized spacial score (nSPS) is 11.9. The molecule has 0 aliphatic heterocycles. The fraction of sp³-hybridized carbons (Fsp3) is 0.909. The maximum absolute atomic E-state index is 11.9. The number of unbranched alkanes of at least 4 members (excludes halogenated alkanes) is 2. The van der Waals surface area contributed by atoms with Crippen molar-refractivity contribution >= 4 is 21.8 Å². The monoisotopic (exact) mass is 569 g/mol. The molecule has 0 aliphatic rings. The van der Waals surface area contributed by atoms with Crippen LogP contribution in [0.15, 0.2) is 5.11 Å². The molecule has 16 heteroatoms. The molecule has 0 fully saturated rings.